The first-order chi connectivity index (χ1) is 9.21. The van der Waals surface area contributed by atoms with Crippen LogP contribution in [-0.2, 0) is 10.0 Å². The molecular formula is C14H19Cl2NO2S. The molecule has 0 unspecified atom stereocenters. The molecule has 0 aliphatic carbocycles. The van der Waals surface area contributed by atoms with E-state index in [0.717, 1.165) is 6.42 Å². The fourth-order valence-corrected chi connectivity index (χ4v) is 5.26. The van der Waals surface area contributed by atoms with Gasteiger partial charge >= 0.3 is 0 Å². The van der Waals surface area contributed by atoms with Crippen LogP contribution in [0.3, 0.4) is 0 Å². The maximum absolute atomic E-state index is 12.8. The van der Waals surface area contributed by atoms with Crippen LogP contribution in [0, 0.1) is 18.8 Å². The smallest absolute Gasteiger partial charge is 0.207 e. The number of halogens is 2. The highest BCUT2D eigenvalue weighted by atomic mass is 35.5. The molecule has 0 N–H and O–H groups in total. The molecule has 1 heterocycles. The fraction of sp³-hybridized carbons (Fsp3) is 0.571. The van der Waals surface area contributed by atoms with Crippen molar-refractivity contribution in [1.29, 1.82) is 0 Å². The molecule has 6 heteroatoms. The van der Waals surface area contributed by atoms with Gasteiger partial charge in [-0.1, -0.05) is 37.0 Å². The first kappa shape index (κ1) is 16.1. The number of aryl methyl sites for hydroxylation is 1. The van der Waals surface area contributed by atoms with Crippen LogP contribution in [0.4, 0.5) is 0 Å². The van der Waals surface area contributed by atoms with Crippen LogP contribution in [0.1, 0.15) is 25.8 Å². The van der Waals surface area contributed by atoms with Crippen molar-refractivity contribution in [3.8, 4) is 0 Å². The Balaban J connectivity index is 2.42. The van der Waals surface area contributed by atoms with Gasteiger partial charge in [-0.2, -0.15) is 4.31 Å². The molecule has 1 aromatic carbocycles. The minimum atomic E-state index is -3.56. The maximum Gasteiger partial charge on any atom is 0.244 e. The molecule has 1 fully saturated rings. The van der Waals surface area contributed by atoms with Gasteiger partial charge in [-0.25, -0.2) is 8.42 Å². The van der Waals surface area contributed by atoms with Gasteiger partial charge in [0.1, 0.15) is 4.90 Å². The van der Waals surface area contributed by atoms with Crippen molar-refractivity contribution in [2.75, 3.05) is 13.1 Å². The number of hydrogen-bond acceptors (Lipinski definition) is 2. The molecule has 0 saturated carbocycles. The van der Waals surface area contributed by atoms with Crippen LogP contribution in [0.2, 0.25) is 10.0 Å². The second-order valence-electron chi connectivity index (χ2n) is 5.80. The molecule has 0 radical (unpaired) electrons. The minimum Gasteiger partial charge on any atom is -0.207 e. The summed E-state index contributed by atoms with van der Waals surface area (Å²) in [6, 6.07) is 3.06. The molecule has 2 rings (SSSR count). The Morgan fingerprint density at radius 1 is 1.10 bits per heavy atom. The number of nitrogens with zero attached hydrogens (tertiary/aromatic N) is 1. The molecule has 0 spiro atoms. The van der Waals surface area contributed by atoms with Crippen LogP contribution in [0.15, 0.2) is 17.0 Å². The van der Waals surface area contributed by atoms with Crippen LogP contribution < -0.4 is 0 Å². The van der Waals surface area contributed by atoms with Gasteiger partial charge in [0.2, 0.25) is 10.0 Å². The van der Waals surface area contributed by atoms with Crippen LogP contribution in [-0.4, -0.2) is 25.8 Å². The van der Waals surface area contributed by atoms with Crippen LogP contribution in [0.25, 0.3) is 0 Å². The molecule has 2 atom stereocenters. The molecule has 0 bridgehead atoms. The monoisotopic (exact) mass is 335 g/mol. The summed E-state index contributed by atoms with van der Waals surface area (Å²) in [5, 5.41) is 0.667. The maximum atomic E-state index is 12.8. The number of benzene rings is 1. The highest BCUT2D eigenvalue weighted by Gasteiger charge is 2.33. The standard InChI is InChI=1S/C14H19Cl2NO2S/c1-9-4-10(2)8-17(7-9)20(18,19)14-5-11(3)12(15)6-13(14)16/h5-6,9-10H,4,7-8H2,1-3H3/t9-,10-/m0/s1. The van der Waals surface area contributed by atoms with Gasteiger partial charge < -0.3 is 0 Å². The SMILES string of the molecule is Cc1cc(S(=O)(=O)N2C[C@@H](C)C[C@H](C)C2)c(Cl)cc1Cl. The summed E-state index contributed by atoms with van der Waals surface area (Å²) in [6.07, 6.45) is 1.05. The van der Waals surface area contributed by atoms with Crippen molar-refractivity contribution in [3.63, 3.8) is 0 Å². The lowest BCUT2D eigenvalue weighted by molar-refractivity contribution is 0.222. The van der Waals surface area contributed by atoms with E-state index < -0.39 is 10.0 Å². The zero-order chi connectivity index (χ0) is 15.1. The normalized spacial score (nSPS) is 24.9. The quantitative estimate of drug-likeness (QED) is 0.819. The van der Waals surface area contributed by atoms with Crippen molar-refractivity contribution < 1.29 is 8.42 Å². The Morgan fingerprint density at radius 3 is 2.20 bits per heavy atom. The van der Waals surface area contributed by atoms with E-state index in [2.05, 4.69) is 13.8 Å². The van der Waals surface area contributed by atoms with Crippen molar-refractivity contribution in [2.45, 2.75) is 32.1 Å². The van der Waals surface area contributed by atoms with Gasteiger partial charge in [0.05, 0.1) is 5.02 Å². The molecule has 1 aromatic rings. The Bertz CT molecular complexity index is 606. The first-order valence-corrected chi connectivity index (χ1v) is 8.87. The van der Waals surface area contributed by atoms with Gasteiger partial charge in [0.15, 0.2) is 0 Å². The summed E-state index contributed by atoms with van der Waals surface area (Å²) in [5.41, 5.74) is 0.716. The van der Waals surface area contributed by atoms with Crippen LogP contribution in [0.5, 0.6) is 0 Å². The zero-order valence-electron chi connectivity index (χ0n) is 11.9. The topological polar surface area (TPSA) is 37.4 Å². The Labute approximate surface area is 130 Å². The van der Waals surface area contributed by atoms with Gasteiger partial charge in [-0.3, -0.25) is 0 Å². The van der Waals surface area contributed by atoms with Crippen molar-refractivity contribution in [1.82, 2.24) is 4.31 Å². The molecule has 112 valence electrons. The second-order valence-corrected chi connectivity index (χ2v) is 8.52. The summed E-state index contributed by atoms with van der Waals surface area (Å²) in [4.78, 5) is 0.155. The molecule has 0 amide bonds. The predicted octanol–water partition coefficient (Wildman–Crippen LogP) is 3.97. The van der Waals surface area contributed by atoms with E-state index >= 15 is 0 Å². The number of piperidine rings is 1. The Hall–Kier alpha value is -0.290. The van der Waals surface area contributed by atoms with Gasteiger partial charge in [0, 0.05) is 18.1 Å². The van der Waals surface area contributed by atoms with E-state index in [0.29, 0.717) is 35.5 Å². The van der Waals surface area contributed by atoms with Crippen molar-refractivity contribution in [3.05, 3.63) is 27.7 Å². The molecular weight excluding hydrogens is 317 g/mol. The number of rotatable bonds is 2. The number of hydrogen-bond donors (Lipinski definition) is 0. The minimum absolute atomic E-state index is 0.155. The summed E-state index contributed by atoms with van der Waals surface area (Å²) < 4.78 is 27.1. The molecule has 20 heavy (non-hydrogen) atoms. The highest BCUT2D eigenvalue weighted by Crippen LogP contribution is 2.33. The summed E-state index contributed by atoms with van der Waals surface area (Å²) in [5.74, 6) is 0.724. The lowest BCUT2D eigenvalue weighted by Gasteiger charge is -2.34. The predicted molar refractivity (Wildman–Crippen MR) is 82.9 cm³/mol. The number of sulfonamides is 1. The molecule has 1 aliphatic rings. The zero-order valence-corrected chi connectivity index (χ0v) is 14.2. The summed E-state index contributed by atoms with van der Waals surface area (Å²) in [6.45, 7) is 7.02. The van der Waals surface area contributed by atoms with E-state index in [9.17, 15) is 8.42 Å². The Kier molecular flexibility index (Phi) is 4.69. The molecule has 3 nitrogen and oxygen atoms in total. The van der Waals surface area contributed by atoms with E-state index in [1.807, 2.05) is 0 Å². The molecule has 0 aromatic heterocycles. The third kappa shape index (κ3) is 3.14. The van der Waals surface area contributed by atoms with Gasteiger partial charge in [-0.15, -0.1) is 0 Å². The molecule has 1 saturated heterocycles. The average Bonchev–Trinajstić information content (AvgIpc) is 2.32. The Morgan fingerprint density at radius 2 is 1.65 bits per heavy atom. The highest BCUT2D eigenvalue weighted by molar-refractivity contribution is 7.89. The van der Waals surface area contributed by atoms with E-state index in [-0.39, 0.29) is 9.92 Å². The van der Waals surface area contributed by atoms with Gasteiger partial charge in [-0.05, 0) is 42.9 Å². The van der Waals surface area contributed by atoms with E-state index in [1.165, 1.54) is 6.07 Å². The third-order valence-corrected chi connectivity index (χ3v) is 6.37. The molecule has 1 aliphatic heterocycles. The largest absolute Gasteiger partial charge is 0.244 e. The fourth-order valence-electron chi connectivity index (χ4n) is 2.77. The van der Waals surface area contributed by atoms with Gasteiger partial charge in [0.25, 0.3) is 0 Å². The van der Waals surface area contributed by atoms with E-state index in [1.54, 1.807) is 17.3 Å². The summed E-state index contributed by atoms with van der Waals surface area (Å²) >= 11 is 12.1. The lowest BCUT2D eigenvalue weighted by atomic mass is 9.94. The first-order valence-electron chi connectivity index (χ1n) is 6.67. The lowest BCUT2D eigenvalue weighted by Crippen LogP contribution is -2.42. The summed E-state index contributed by atoms with van der Waals surface area (Å²) in [7, 11) is -3.56. The average molecular weight is 336 g/mol. The van der Waals surface area contributed by atoms with Crippen molar-refractivity contribution >= 4 is 33.2 Å². The van der Waals surface area contributed by atoms with Crippen LogP contribution >= 0.6 is 23.2 Å². The second kappa shape index (κ2) is 5.84. The van der Waals surface area contributed by atoms with E-state index in [4.69, 9.17) is 23.2 Å². The third-order valence-electron chi connectivity index (χ3n) is 3.67. The van der Waals surface area contributed by atoms with Crippen molar-refractivity contribution in [2.24, 2.45) is 11.8 Å².